The number of imide groups is 1. The van der Waals surface area contributed by atoms with Gasteiger partial charge in [-0.15, -0.1) is 0 Å². The zero-order chi connectivity index (χ0) is 30.2. The van der Waals surface area contributed by atoms with E-state index in [1.54, 1.807) is 18.1 Å². The summed E-state index contributed by atoms with van der Waals surface area (Å²) in [5.41, 5.74) is 4.72. The first-order valence-electron chi connectivity index (χ1n) is 15.3. The highest BCUT2D eigenvalue weighted by atomic mass is 16.5. The highest BCUT2D eigenvalue weighted by Gasteiger charge is 2.40. The number of nitrogens with zero attached hydrogens (tertiary/aromatic N) is 4. The predicted octanol–water partition coefficient (Wildman–Crippen LogP) is 2.36. The highest BCUT2D eigenvalue weighted by Crippen LogP contribution is 2.32. The third-order valence-corrected chi connectivity index (χ3v) is 9.14. The number of hydrogen-bond acceptors (Lipinski definition) is 9. The summed E-state index contributed by atoms with van der Waals surface area (Å²) in [5, 5.41) is 3.48. The van der Waals surface area contributed by atoms with E-state index in [2.05, 4.69) is 39.4 Å². The van der Waals surface area contributed by atoms with Crippen LogP contribution in [0.5, 0.6) is 5.75 Å². The molecule has 230 valence electrons. The van der Waals surface area contributed by atoms with Crippen LogP contribution in [0.2, 0.25) is 0 Å². The van der Waals surface area contributed by atoms with E-state index < -0.39 is 11.9 Å². The third-order valence-electron chi connectivity index (χ3n) is 9.14. The zero-order valence-electron chi connectivity index (χ0n) is 24.9. The number of ether oxygens (including phenoxy) is 3. The maximum Gasteiger partial charge on any atom is 0.255 e. The Kier molecular flexibility index (Phi) is 7.92. The largest absolute Gasteiger partial charge is 0.489 e. The number of nitrogens with one attached hydrogen (secondary N) is 1. The van der Waals surface area contributed by atoms with Crippen LogP contribution in [0.3, 0.4) is 0 Å². The van der Waals surface area contributed by atoms with Crippen LogP contribution in [0.15, 0.2) is 48.7 Å². The van der Waals surface area contributed by atoms with Gasteiger partial charge in [-0.3, -0.25) is 29.6 Å². The molecule has 0 radical (unpaired) electrons. The van der Waals surface area contributed by atoms with Gasteiger partial charge in [0.2, 0.25) is 11.8 Å². The Morgan fingerprint density at radius 1 is 1.05 bits per heavy atom. The molecule has 11 heteroatoms. The molecule has 4 aliphatic heterocycles. The van der Waals surface area contributed by atoms with Gasteiger partial charge < -0.3 is 24.0 Å². The molecule has 0 aliphatic carbocycles. The summed E-state index contributed by atoms with van der Waals surface area (Å²) < 4.78 is 17.6. The molecule has 3 atom stereocenters. The number of fused-ring (bicyclic) bond motifs is 2. The summed E-state index contributed by atoms with van der Waals surface area (Å²) in [5.74, 6) is -0.0115. The van der Waals surface area contributed by atoms with Gasteiger partial charge in [0.1, 0.15) is 17.9 Å². The first-order chi connectivity index (χ1) is 21.4. The van der Waals surface area contributed by atoms with Crippen LogP contribution in [-0.2, 0) is 32.2 Å². The van der Waals surface area contributed by atoms with Gasteiger partial charge in [0.05, 0.1) is 37.2 Å². The Labute approximate surface area is 256 Å². The number of likely N-dealkylation sites (tertiary alicyclic amines) is 1. The maximum absolute atomic E-state index is 13.1. The zero-order valence-corrected chi connectivity index (χ0v) is 24.9. The highest BCUT2D eigenvalue weighted by molar-refractivity contribution is 6.05. The van der Waals surface area contributed by atoms with E-state index >= 15 is 0 Å². The molecule has 3 fully saturated rings. The van der Waals surface area contributed by atoms with E-state index in [9.17, 15) is 14.4 Å². The molecule has 7 rings (SSSR count). The fourth-order valence-electron chi connectivity index (χ4n) is 6.87. The van der Waals surface area contributed by atoms with Gasteiger partial charge in [-0.05, 0) is 47.9 Å². The first kappa shape index (κ1) is 28.7. The second-order valence-electron chi connectivity index (χ2n) is 12.1. The smallest absolute Gasteiger partial charge is 0.255 e. The number of carbonyl (C=O) groups is 3. The van der Waals surface area contributed by atoms with E-state index in [0.29, 0.717) is 30.9 Å². The summed E-state index contributed by atoms with van der Waals surface area (Å²) in [6, 6.07) is 13.6. The number of methoxy groups -OCH3 is 1. The molecule has 2 aromatic carbocycles. The molecule has 11 nitrogen and oxygen atoms in total. The number of rotatable bonds is 8. The van der Waals surface area contributed by atoms with Gasteiger partial charge in [-0.1, -0.05) is 12.1 Å². The Morgan fingerprint density at radius 3 is 2.73 bits per heavy atom. The van der Waals surface area contributed by atoms with E-state index in [0.717, 1.165) is 68.1 Å². The van der Waals surface area contributed by atoms with Crippen molar-refractivity contribution in [3.63, 3.8) is 0 Å². The minimum atomic E-state index is -0.636. The van der Waals surface area contributed by atoms with Crippen LogP contribution in [0.25, 0.3) is 10.9 Å². The number of anilines is 1. The third kappa shape index (κ3) is 5.74. The molecular formula is C33H37N5O6. The number of aromatic nitrogens is 1. The molecule has 3 aromatic rings. The maximum atomic E-state index is 13.1. The summed E-state index contributed by atoms with van der Waals surface area (Å²) in [6.45, 7) is 6.53. The normalized spacial score (nSPS) is 24.2. The summed E-state index contributed by atoms with van der Waals surface area (Å²) in [4.78, 5) is 48.1. The Morgan fingerprint density at radius 2 is 1.91 bits per heavy atom. The van der Waals surface area contributed by atoms with Crippen molar-refractivity contribution < 1.29 is 28.6 Å². The summed E-state index contributed by atoms with van der Waals surface area (Å²) in [6.07, 6.45) is 2.45. The van der Waals surface area contributed by atoms with Crippen molar-refractivity contribution >= 4 is 34.3 Å². The predicted molar refractivity (Wildman–Crippen MR) is 162 cm³/mol. The van der Waals surface area contributed by atoms with Gasteiger partial charge in [-0.2, -0.15) is 0 Å². The van der Waals surface area contributed by atoms with Crippen LogP contribution in [-0.4, -0.2) is 97.8 Å². The minimum absolute atomic E-state index is 0.0778. The molecule has 1 aromatic heterocycles. The van der Waals surface area contributed by atoms with Crippen molar-refractivity contribution in [3.05, 3.63) is 65.4 Å². The Bertz CT molecular complexity index is 1590. The first-order valence-corrected chi connectivity index (χ1v) is 15.3. The average Bonchev–Trinajstić information content (AvgIpc) is 3.56. The molecule has 0 bridgehead atoms. The van der Waals surface area contributed by atoms with E-state index in [4.69, 9.17) is 19.2 Å². The van der Waals surface area contributed by atoms with E-state index in [1.165, 1.54) is 5.56 Å². The molecule has 0 spiro atoms. The van der Waals surface area contributed by atoms with Gasteiger partial charge in [-0.25, -0.2) is 0 Å². The van der Waals surface area contributed by atoms with E-state index in [1.807, 2.05) is 18.3 Å². The molecule has 5 heterocycles. The summed E-state index contributed by atoms with van der Waals surface area (Å²) in [7, 11) is 1.71. The topological polar surface area (TPSA) is 114 Å². The lowest BCUT2D eigenvalue weighted by atomic mass is 10.0. The number of benzene rings is 2. The molecule has 44 heavy (non-hydrogen) atoms. The Hall–Kier alpha value is -4.06. The fourth-order valence-corrected chi connectivity index (χ4v) is 6.87. The average molecular weight is 600 g/mol. The van der Waals surface area contributed by atoms with Crippen LogP contribution in [0, 0.1) is 5.92 Å². The second-order valence-corrected chi connectivity index (χ2v) is 12.1. The van der Waals surface area contributed by atoms with Crippen LogP contribution >= 0.6 is 0 Å². The van der Waals surface area contributed by atoms with Crippen molar-refractivity contribution in [2.24, 2.45) is 5.92 Å². The quantitative estimate of drug-likeness (QED) is 0.390. The van der Waals surface area contributed by atoms with Crippen molar-refractivity contribution in [1.29, 1.82) is 0 Å². The van der Waals surface area contributed by atoms with Crippen molar-refractivity contribution in [2.75, 3.05) is 58.0 Å². The number of morpholine rings is 1. The molecule has 0 saturated carbocycles. The molecule has 0 unspecified atom stereocenters. The van der Waals surface area contributed by atoms with Gasteiger partial charge in [0, 0.05) is 69.7 Å². The monoisotopic (exact) mass is 599 g/mol. The van der Waals surface area contributed by atoms with Crippen molar-refractivity contribution in [3.8, 4) is 5.75 Å². The van der Waals surface area contributed by atoms with Crippen molar-refractivity contribution in [1.82, 2.24) is 20.1 Å². The second kappa shape index (κ2) is 12.1. The fraction of sp³-hybridized carbons (Fsp3) is 0.455. The lowest BCUT2D eigenvalue weighted by molar-refractivity contribution is -0.136. The molecule has 3 saturated heterocycles. The standard InChI is InChI=1S/C33H37N5O6/c1-42-20-24-17-36(16-21-2-3-22-13-25(15-34-28(22)12-21)37-8-10-43-11-9-37)19-30(24)44-26-4-5-27-23(14-26)18-38(33(27)41)29-6-7-31(39)35-32(29)40/h2-5,12-15,24,29-30H,6-11,16-20H2,1H3,(H,35,39,40)/t24-,29-,30+/m0/s1. The number of piperidine rings is 1. The lowest BCUT2D eigenvalue weighted by Crippen LogP contribution is -2.52. The van der Waals surface area contributed by atoms with Gasteiger partial charge in [0.25, 0.3) is 5.91 Å². The Balaban J connectivity index is 1.01. The molecule has 3 amide bonds. The van der Waals surface area contributed by atoms with Gasteiger partial charge >= 0.3 is 0 Å². The summed E-state index contributed by atoms with van der Waals surface area (Å²) >= 11 is 0. The van der Waals surface area contributed by atoms with E-state index in [-0.39, 0.29) is 30.3 Å². The molecular weight excluding hydrogens is 562 g/mol. The van der Waals surface area contributed by atoms with Gasteiger partial charge in [0.15, 0.2) is 0 Å². The SMILES string of the molecule is COC[C@@H]1CN(Cc2ccc3cc(N4CCOCC4)cnc3c2)C[C@H]1Oc1ccc2c(c1)CN([C@H]1CCC(=O)NC1=O)C2=O. The van der Waals surface area contributed by atoms with Crippen LogP contribution in [0.4, 0.5) is 5.69 Å². The number of carbonyl (C=O) groups excluding carboxylic acids is 3. The van der Waals surface area contributed by atoms with Crippen LogP contribution in [0.1, 0.15) is 34.3 Å². The molecule has 1 N–H and O–H groups in total. The lowest BCUT2D eigenvalue weighted by Gasteiger charge is -2.29. The van der Waals surface area contributed by atoms with Crippen LogP contribution < -0.4 is 15.0 Å². The number of amides is 3. The molecule has 4 aliphatic rings. The van der Waals surface area contributed by atoms with Crippen molar-refractivity contribution in [2.45, 2.75) is 38.1 Å². The number of hydrogen-bond donors (Lipinski definition) is 1. The minimum Gasteiger partial charge on any atom is -0.489 e. The number of pyridine rings is 1.